The maximum atomic E-state index is 12.2. The van der Waals surface area contributed by atoms with Crippen LogP contribution in [0, 0.1) is 6.92 Å². The summed E-state index contributed by atoms with van der Waals surface area (Å²) in [5, 5.41) is 5.74. The fourth-order valence-electron chi connectivity index (χ4n) is 1.84. The number of nitrogens with two attached hydrogens (primary N) is 1. The van der Waals surface area contributed by atoms with Crippen molar-refractivity contribution < 1.29 is 4.79 Å². The van der Waals surface area contributed by atoms with Crippen LogP contribution in [0.15, 0.2) is 17.6 Å². The van der Waals surface area contributed by atoms with Crippen molar-refractivity contribution in [2.75, 3.05) is 5.73 Å². The number of aryl methyl sites for hydroxylation is 1. The van der Waals surface area contributed by atoms with Crippen LogP contribution in [0.3, 0.4) is 0 Å². The largest absolute Gasteiger partial charge is 0.397 e. The highest BCUT2D eigenvalue weighted by molar-refractivity contribution is 7.09. The van der Waals surface area contributed by atoms with Crippen LogP contribution in [0.5, 0.6) is 0 Å². The van der Waals surface area contributed by atoms with E-state index in [9.17, 15) is 4.79 Å². The Balaban J connectivity index is 2.07. The predicted octanol–water partition coefficient (Wildman–Crippen LogP) is 2.35. The molecule has 5 nitrogen and oxygen atoms in total. The summed E-state index contributed by atoms with van der Waals surface area (Å²) in [6.07, 6.45) is 1.78. The molecule has 3 N–H and O–H groups in total. The quantitative estimate of drug-likeness (QED) is 0.901. The maximum Gasteiger partial charge on any atom is 0.268 e. The number of carbonyl (C=O) groups is 1. The average Bonchev–Trinajstić information content (AvgIpc) is 2.92. The number of nitrogen functional groups attached to an aromatic ring is 1. The topological polar surface area (TPSA) is 72.9 Å². The van der Waals surface area contributed by atoms with E-state index in [1.54, 1.807) is 23.6 Å². The minimum Gasteiger partial charge on any atom is -0.397 e. The molecule has 0 aliphatic heterocycles. The van der Waals surface area contributed by atoms with Gasteiger partial charge in [-0.2, -0.15) is 0 Å². The molecule has 0 radical (unpaired) electrons. The number of anilines is 1. The molecular weight excluding hydrogens is 260 g/mol. The van der Waals surface area contributed by atoms with Crippen LogP contribution < -0.4 is 11.1 Å². The molecule has 0 unspecified atom stereocenters. The van der Waals surface area contributed by atoms with Gasteiger partial charge in [0, 0.05) is 23.3 Å². The lowest BCUT2D eigenvalue weighted by molar-refractivity contribution is 0.0940. The smallest absolute Gasteiger partial charge is 0.268 e. The van der Waals surface area contributed by atoms with E-state index in [1.165, 1.54) is 0 Å². The van der Waals surface area contributed by atoms with E-state index in [0.717, 1.165) is 10.7 Å². The second kappa shape index (κ2) is 5.44. The number of nitrogens with zero attached hydrogens (tertiary/aromatic N) is 2. The van der Waals surface area contributed by atoms with Gasteiger partial charge in [-0.15, -0.1) is 11.3 Å². The number of hydrogen-bond donors (Lipinski definition) is 2. The first-order chi connectivity index (χ1) is 8.97. The normalized spacial score (nSPS) is 10.9. The number of carbonyl (C=O) groups excluding carboxylic acids is 1. The van der Waals surface area contributed by atoms with Gasteiger partial charge in [-0.05, 0) is 26.8 Å². The Bertz CT molecular complexity index is 585. The lowest BCUT2D eigenvalue weighted by Crippen LogP contribution is -2.25. The van der Waals surface area contributed by atoms with Gasteiger partial charge in [0.25, 0.3) is 5.91 Å². The van der Waals surface area contributed by atoms with Gasteiger partial charge in [0.15, 0.2) is 0 Å². The molecule has 0 saturated heterocycles. The summed E-state index contributed by atoms with van der Waals surface area (Å²) >= 11 is 1.55. The number of hydrogen-bond acceptors (Lipinski definition) is 4. The van der Waals surface area contributed by atoms with Gasteiger partial charge < -0.3 is 15.6 Å². The molecule has 2 aromatic rings. The van der Waals surface area contributed by atoms with E-state index in [4.69, 9.17) is 5.73 Å². The molecule has 0 aliphatic rings. The summed E-state index contributed by atoms with van der Waals surface area (Å²) in [4.78, 5) is 16.5. The Morgan fingerprint density at radius 2 is 2.32 bits per heavy atom. The number of nitrogens with one attached hydrogen (secondary N) is 1. The molecule has 0 aromatic carbocycles. The zero-order valence-electron chi connectivity index (χ0n) is 11.3. The summed E-state index contributed by atoms with van der Waals surface area (Å²) in [5.41, 5.74) is 7.92. The van der Waals surface area contributed by atoms with Crippen molar-refractivity contribution in [3.63, 3.8) is 0 Å². The molecule has 0 atom stereocenters. The van der Waals surface area contributed by atoms with Crippen molar-refractivity contribution in [1.29, 1.82) is 0 Å². The van der Waals surface area contributed by atoms with Gasteiger partial charge >= 0.3 is 0 Å². The second-order valence-electron chi connectivity index (χ2n) is 4.72. The molecule has 0 aliphatic carbocycles. The van der Waals surface area contributed by atoms with Crippen molar-refractivity contribution in [1.82, 2.24) is 14.9 Å². The van der Waals surface area contributed by atoms with Crippen molar-refractivity contribution in [3.8, 4) is 0 Å². The van der Waals surface area contributed by atoms with E-state index in [2.05, 4.69) is 10.3 Å². The molecule has 0 fully saturated rings. The van der Waals surface area contributed by atoms with E-state index in [0.29, 0.717) is 17.9 Å². The van der Waals surface area contributed by atoms with Crippen LogP contribution in [-0.4, -0.2) is 15.5 Å². The SMILES string of the molecule is Cc1csc(CNC(=O)c2cc(N)cn2C(C)C)n1. The van der Waals surface area contributed by atoms with E-state index in [-0.39, 0.29) is 11.9 Å². The molecule has 0 bridgehead atoms. The minimum atomic E-state index is -0.127. The molecule has 19 heavy (non-hydrogen) atoms. The second-order valence-corrected chi connectivity index (χ2v) is 5.67. The minimum absolute atomic E-state index is 0.127. The van der Waals surface area contributed by atoms with Crippen molar-refractivity contribution >= 4 is 22.9 Å². The number of aromatic nitrogens is 2. The highest BCUT2D eigenvalue weighted by Crippen LogP contribution is 2.16. The van der Waals surface area contributed by atoms with E-state index in [1.807, 2.05) is 30.7 Å². The van der Waals surface area contributed by atoms with Gasteiger partial charge in [0.1, 0.15) is 10.7 Å². The first-order valence-electron chi connectivity index (χ1n) is 6.14. The molecule has 102 valence electrons. The summed E-state index contributed by atoms with van der Waals surface area (Å²) in [6.45, 7) is 6.41. The first-order valence-corrected chi connectivity index (χ1v) is 7.02. The monoisotopic (exact) mass is 278 g/mol. The Hall–Kier alpha value is -1.82. The predicted molar refractivity (Wildman–Crippen MR) is 77.3 cm³/mol. The van der Waals surface area contributed by atoms with Gasteiger partial charge in [-0.25, -0.2) is 4.98 Å². The van der Waals surface area contributed by atoms with Gasteiger partial charge in [0.05, 0.1) is 12.2 Å². The van der Waals surface area contributed by atoms with Crippen LogP contribution in [0.2, 0.25) is 0 Å². The van der Waals surface area contributed by atoms with Gasteiger partial charge in [-0.3, -0.25) is 4.79 Å². The molecule has 2 heterocycles. The van der Waals surface area contributed by atoms with Crippen LogP contribution >= 0.6 is 11.3 Å². The van der Waals surface area contributed by atoms with Gasteiger partial charge in [-0.1, -0.05) is 0 Å². The Morgan fingerprint density at radius 3 is 2.89 bits per heavy atom. The summed E-state index contributed by atoms with van der Waals surface area (Å²) < 4.78 is 1.87. The van der Waals surface area contributed by atoms with Crippen molar-refractivity contribution in [3.05, 3.63) is 34.0 Å². The highest BCUT2D eigenvalue weighted by Gasteiger charge is 2.14. The summed E-state index contributed by atoms with van der Waals surface area (Å²) in [5.74, 6) is -0.127. The molecule has 0 spiro atoms. The number of rotatable bonds is 4. The molecular formula is C13H18N4OS. The zero-order valence-corrected chi connectivity index (χ0v) is 12.1. The fraction of sp³-hybridized carbons (Fsp3) is 0.385. The van der Waals surface area contributed by atoms with E-state index >= 15 is 0 Å². The lowest BCUT2D eigenvalue weighted by Gasteiger charge is -2.12. The van der Waals surface area contributed by atoms with Crippen LogP contribution in [0.4, 0.5) is 5.69 Å². The Kier molecular flexibility index (Phi) is 3.90. The van der Waals surface area contributed by atoms with Crippen LogP contribution in [0.25, 0.3) is 0 Å². The number of thiazole rings is 1. The molecule has 2 rings (SSSR count). The molecule has 0 saturated carbocycles. The average molecular weight is 278 g/mol. The highest BCUT2D eigenvalue weighted by atomic mass is 32.1. The molecule has 2 aromatic heterocycles. The third-order valence-corrected chi connectivity index (χ3v) is 3.69. The summed E-state index contributed by atoms with van der Waals surface area (Å²) in [6, 6.07) is 1.89. The Labute approximate surface area is 116 Å². The van der Waals surface area contributed by atoms with Gasteiger partial charge in [0.2, 0.25) is 0 Å². The fourth-order valence-corrected chi connectivity index (χ4v) is 2.55. The number of amides is 1. The van der Waals surface area contributed by atoms with Crippen molar-refractivity contribution in [2.45, 2.75) is 33.4 Å². The van der Waals surface area contributed by atoms with Crippen LogP contribution in [0.1, 0.15) is 41.1 Å². The third-order valence-electron chi connectivity index (χ3n) is 2.73. The first kappa shape index (κ1) is 13.6. The van der Waals surface area contributed by atoms with Crippen LogP contribution in [-0.2, 0) is 6.54 Å². The van der Waals surface area contributed by atoms with E-state index < -0.39 is 0 Å². The third kappa shape index (κ3) is 3.14. The Morgan fingerprint density at radius 1 is 1.58 bits per heavy atom. The zero-order chi connectivity index (χ0) is 14.0. The summed E-state index contributed by atoms with van der Waals surface area (Å²) in [7, 11) is 0. The lowest BCUT2D eigenvalue weighted by atomic mass is 10.3. The van der Waals surface area contributed by atoms with Crippen molar-refractivity contribution in [2.24, 2.45) is 0 Å². The maximum absolute atomic E-state index is 12.2. The standard InChI is InChI=1S/C13H18N4OS/c1-8(2)17-6-10(14)4-11(17)13(18)15-5-12-16-9(3)7-19-12/h4,6-8H,5,14H2,1-3H3,(H,15,18). The molecule has 1 amide bonds. The molecule has 6 heteroatoms.